The molecule has 0 atom stereocenters. The van der Waals surface area contributed by atoms with E-state index in [-0.39, 0.29) is 0 Å². The molecule has 0 aliphatic heterocycles. The molecule has 2 aromatic rings. The van der Waals surface area contributed by atoms with Crippen molar-refractivity contribution in [2.45, 2.75) is 18.8 Å². The molecule has 1 amide bonds. The molecular weight excluding hydrogens is 202 g/mol. The fourth-order valence-electron chi connectivity index (χ4n) is 1.77. The third kappa shape index (κ3) is 1.52. The highest BCUT2D eigenvalue weighted by molar-refractivity contribution is 5.95. The van der Waals surface area contributed by atoms with E-state index in [0.29, 0.717) is 17.1 Å². The number of pyridine rings is 2. The Labute approximate surface area is 92.5 Å². The SMILES string of the molecule is NC(=O)c1cnc2nc(C3CC3)ccc2c1. The van der Waals surface area contributed by atoms with Gasteiger partial charge >= 0.3 is 0 Å². The summed E-state index contributed by atoms with van der Waals surface area (Å²) in [6.45, 7) is 0. The molecule has 0 spiro atoms. The van der Waals surface area contributed by atoms with Crippen molar-refractivity contribution < 1.29 is 4.79 Å². The van der Waals surface area contributed by atoms with Gasteiger partial charge in [-0.25, -0.2) is 9.97 Å². The van der Waals surface area contributed by atoms with Crippen molar-refractivity contribution in [1.29, 1.82) is 0 Å². The first-order chi connectivity index (χ1) is 7.74. The molecule has 2 N–H and O–H groups in total. The molecule has 1 aliphatic carbocycles. The van der Waals surface area contributed by atoms with Crippen LogP contribution in [-0.4, -0.2) is 15.9 Å². The number of carbonyl (C=O) groups excluding carboxylic acids is 1. The smallest absolute Gasteiger partial charge is 0.250 e. The quantitative estimate of drug-likeness (QED) is 0.823. The minimum Gasteiger partial charge on any atom is -0.366 e. The molecule has 1 fully saturated rings. The molecule has 0 aromatic carbocycles. The van der Waals surface area contributed by atoms with Crippen molar-refractivity contribution in [3.8, 4) is 0 Å². The highest BCUT2D eigenvalue weighted by Crippen LogP contribution is 2.39. The van der Waals surface area contributed by atoms with Gasteiger partial charge in [-0.15, -0.1) is 0 Å². The Balaban J connectivity index is 2.12. The number of hydrogen-bond donors (Lipinski definition) is 1. The van der Waals surface area contributed by atoms with Crippen molar-refractivity contribution in [1.82, 2.24) is 9.97 Å². The molecule has 1 saturated carbocycles. The lowest BCUT2D eigenvalue weighted by molar-refractivity contribution is 0.1000. The number of fused-ring (bicyclic) bond motifs is 1. The van der Waals surface area contributed by atoms with E-state index in [9.17, 15) is 4.79 Å². The molecule has 0 saturated heterocycles. The van der Waals surface area contributed by atoms with Crippen LogP contribution in [0.3, 0.4) is 0 Å². The molecule has 2 heterocycles. The van der Waals surface area contributed by atoms with Crippen LogP contribution in [0.25, 0.3) is 11.0 Å². The van der Waals surface area contributed by atoms with Gasteiger partial charge in [0.25, 0.3) is 0 Å². The number of rotatable bonds is 2. The summed E-state index contributed by atoms with van der Waals surface area (Å²) in [7, 11) is 0. The molecule has 0 bridgehead atoms. The maximum Gasteiger partial charge on any atom is 0.250 e. The lowest BCUT2D eigenvalue weighted by Crippen LogP contribution is -2.11. The van der Waals surface area contributed by atoms with Crippen molar-refractivity contribution >= 4 is 16.9 Å². The van der Waals surface area contributed by atoms with Crippen LogP contribution in [0.4, 0.5) is 0 Å². The van der Waals surface area contributed by atoms with Crippen LogP contribution in [0, 0.1) is 0 Å². The average Bonchev–Trinajstić information content (AvgIpc) is 3.11. The first kappa shape index (κ1) is 9.27. The standard InChI is InChI=1S/C12H11N3O/c13-11(16)9-5-8-3-4-10(7-1-2-7)15-12(8)14-6-9/h3-7H,1-2H2,(H2,13,16). The minimum absolute atomic E-state index is 0.425. The highest BCUT2D eigenvalue weighted by atomic mass is 16.1. The summed E-state index contributed by atoms with van der Waals surface area (Å²) in [5.74, 6) is 0.155. The molecule has 3 rings (SSSR count). The third-order valence-electron chi connectivity index (χ3n) is 2.84. The molecular formula is C12H11N3O. The molecule has 4 nitrogen and oxygen atoms in total. The van der Waals surface area contributed by atoms with E-state index in [0.717, 1.165) is 11.1 Å². The average molecular weight is 213 g/mol. The number of nitrogens with zero attached hydrogens (tertiary/aromatic N) is 2. The van der Waals surface area contributed by atoms with Gasteiger partial charge in [0, 0.05) is 23.2 Å². The molecule has 0 unspecified atom stereocenters. The molecule has 1 aliphatic rings. The van der Waals surface area contributed by atoms with E-state index in [4.69, 9.17) is 5.73 Å². The normalized spacial score (nSPS) is 15.2. The van der Waals surface area contributed by atoms with Crippen LogP contribution >= 0.6 is 0 Å². The van der Waals surface area contributed by atoms with E-state index in [2.05, 4.69) is 9.97 Å². The topological polar surface area (TPSA) is 68.9 Å². The first-order valence-corrected chi connectivity index (χ1v) is 5.30. The predicted molar refractivity (Wildman–Crippen MR) is 60.0 cm³/mol. The van der Waals surface area contributed by atoms with Gasteiger partial charge in [-0.05, 0) is 31.0 Å². The maximum atomic E-state index is 11.0. The Kier molecular flexibility index (Phi) is 1.89. The Hall–Kier alpha value is -1.97. The molecule has 80 valence electrons. The zero-order chi connectivity index (χ0) is 11.1. The molecule has 16 heavy (non-hydrogen) atoms. The monoisotopic (exact) mass is 213 g/mol. The number of amides is 1. The van der Waals surface area contributed by atoms with Crippen molar-refractivity contribution in [2.75, 3.05) is 0 Å². The summed E-state index contributed by atoms with van der Waals surface area (Å²) in [5.41, 5.74) is 7.41. The van der Waals surface area contributed by atoms with Gasteiger partial charge in [-0.2, -0.15) is 0 Å². The Bertz CT molecular complexity index is 575. The number of aromatic nitrogens is 2. The lowest BCUT2D eigenvalue weighted by atomic mass is 10.2. The zero-order valence-corrected chi connectivity index (χ0v) is 8.68. The summed E-state index contributed by atoms with van der Waals surface area (Å²) < 4.78 is 0. The van der Waals surface area contributed by atoms with E-state index in [1.54, 1.807) is 6.07 Å². The fraction of sp³-hybridized carbons (Fsp3) is 0.250. The summed E-state index contributed by atoms with van der Waals surface area (Å²) in [4.78, 5) is 19.6. The minimum atomic E-state index is -0.458. The number of hydrogen-bond acceptors (Lipinski definition) is 3. The second kappa shape index (κ2) is 3.27. The van der Waals surface area contributed by atoms with Gasteiger partial charge < -0.3 is 5.73 Å². The van der Waals surface area contributed by atoms with Crippen molar-refractivity contribution in [3.05, 3.63) is 35.7 Å². The Morgan fingerprint density at radius 2 is 2.19 bits per heavy atom. The Morgan fingerprint density at radius 3 is 2.88 bits per heavy atom. The zero-order valence-electron chi connectivity index (χ0n) is 8.68. The van der Waals surface area contributed by atoms with Crippen LogP contribution in [0.2, 0.25) is 0 Å². The molecule has 4 heteroatoms. The second-order valence-electron chi connectivity index (χ2n) is 4.15. The maximum absolute atomic E-state index is 11.0. The van der Waals surface area contributed by atoms with Crippen molar-refractivity contribution in [3.63, 3.8) is 0 Å². The van der Waals surface area contributed by atoms with Crippen LogP contribution < -0.4 is 5.73 Å². The van der Waals surface area contributed by atoms with Gasteiger partial charge in [-0.3, -0.25) is 4.79 Å². The lowest BCUT2D eigenvalue weighted by Gasteiger charge is -2.01. The highest BCUT2D eigenvalue weighted by Gasteiger charge is 2.25. The second-order valence-corrected chi connectivity index (χ2v) is 4.15. The Morgan fingerprint density at radius 1 is 1.38 bits per heavy atom. The van der Waals surface area contributed by atoms with E-state index in [1.807, 2.05) is 12.1 Å². The molecule has 0 radical (unpaired) electrons. The van der Waals surface area contributed by atoms with Crippen LogP contribution in [0.1, 0.15) is 34.8 Å². The van der Waals surface area contributed by atoms with Gasteiger partial charge in [0.05, 0.1) is 5.56 Å². The van der Waals surface area contributed by atoms with Crippen LogP contribution in [-0.2, 0) is 0 Å². The molecule has 2 aromatic heterocycles. The summed E-state index contributed by atoms with van der Waals surface area (Å²) in [6.07, 6.45) is 3.92. The summed E-state index contributed by atoms with van der Waals surface area (Å²) >= 11 is 0. The summed E-state index contributed by atoms with van der Waals surface area (Å²) in [5, 5.41) is 0.862. The van der Waals surface area contributed by atoms with E-state index < -0.39 is 5.91 Å². The van der Waals surface area contributed by atoms with Crippen molar-refractivity contribution in [2.24, 2.45) is 5.73 Å². The number of nitrogens with two attached hydrogens (primary N) is 1. The van der Waals surface area contributed by atoms with E-state index >= 15 is 0 Å². The first-order valence-electron chi connectivity index (χ1n) is 5.30. The van der Waals surface area contributed by atoms with Gasteiger partial charge in [0.15, 0.2) is 5.65 Å². The fourth-order valence-corrected chi connectivity index (χ4v) is 1.77. The van der Waals surface area contributed by atoms with Gasteiger partial charge in [0.2, 0.25) is 5.91 Å². The van der Waals surface area contributed by atoms with Crippen LogP contribution in [0.5, 0.6) is 0 Å². The van der Waals surface area contributed by atoms with Gasteiger partial charge in [0.1, 0.15) is 0 Å². The largest absolute Gasteiger partial charge is 0.366 e. The number of primary amides is 1. The third-order valence-corrected chi connectivity index (χ3v) is 2.84. The van der Waals surface area contributed by atoms with E-state index in [1.165, 1.54) is 19.0 Å². The predicted octanol–water partition coefficient (Wildman–Crippen LogP) is 1.61. The van der Waals surface area contributed by atoms with Gasteiger partial charge in [-0.1, -0.05) is 0 Å². The number of carbonyl (C=O) groups is 1. The summed E-state index contributed by atoms with van der Waals surface area (Å²) in [6, 6.07) is 5.69. The van der Waals surface area contributed by atoms with Crippen LogP contribution in [0.15, 0.2) is 24.4 Å².